The molecule has 0 fully saturated rings. The van der Waals surface area contributed by atoms with Gasteiger partial charge in [-0.1, -0.05) is 91.8 Å². The standard InChI is InChI=1S/C16H13NO3.C12H18N2O/c18-15(19)14-11-16(20-17-14,12-7-3-1-4-8-12)13-9-5-2-6-10-13;1-9(2)10-5-7-11(8-6-10)13-12(15)14(3)4/h1-10H,11H2,(H,18,19);5-9H,1-4H3,(H,13,15). The van der Waals surface area contributed by atoms with Crippen molar-refractivity contribution in [1.29, 1.82) is 0 Å². The molecule has 0 unspecified atom stereocenters. The van der Waals surface area contributed by atoms with Gasteiger partial charge < -0.3 is 20.2 Å². The van der Waals surface area contributed by atoms with Crippen molar-refractivity contribution < 1.29 is 19.5 Å². The Morgan fingerprint density at radius 1 is 0.914 bits per heavy atom. The topological polar surface area (TPSA) is 91.2 Å². The maximum absolute atomic E-state index is 11.3. The van der Waals surface area contributed by atoms with Crippen LogP contribution in [0.15, 0.2) is 90.1 Å². The van der Waals surface area contributed by atoms with E-state index in [0.717, 1.165) is 16.8 Å². The highest BCUT2D eigenvalue weighted by Crippen LogP contribution is 2.41. The minimum absolute atomic E-state index is 0.0395. The van der Waals surface area contributed by atoms with Crippen molar-refractivity contribution >= 4 is 23.4 Å². The molecule has 4 rings (SSSR count). The van der Waals surface area contributed by atoms with Crippen molar-refractivity contribution in [3.63, 3.8) is 0 Å². The Hall–Kier alpha value is -4.13. The number of carbonyl (C=O) groups is 2. The molecule has 1 aliphatic rings. The van der Waals surface area contributed by atoms with Crippen LogP contribution in [-0.4, -0.2) is 41.8 Å². The van der Waals surface area contributed by atoms with Crippen LogP contribution >= 0.6 is 0 Å². The van der Waals surface area contributed by atoms with Crippen molar-refractivity contribution in [2.45, 2.75) is 31.8 Å². The normalized spacial score (nSPS) is 13.7. The molecule has 2 amide bonds. The predicted octanol–water partition coefficient (Wildman–Crippen LogP) is 5.69. The van der Waals surface area contributed by atoms with E-state index in [9.17, 15) is 9.59 Å². The Bertz CT molecular complexity index is 1120. The Kier molecular flexibility index (Phi) is 8.25. The van der Waals surface area contributed by atoms with Crippen LogP contribution in [0.3, 0.4) is 0 Å². The van der Waals surface area contributed by atoms with Crippen molar-refractivity contribution in [2.24, 2.45) is 5.16 Å². The third kappa shape index (κ3) is 6.26. The number of urea groups is 1. The van der Waals surface area contributed by atoms with E-state index in [4.69, 9.17) is 9.94 Å². The van der Waals surface area contributed by atoms with Gasteiger partial charge in [0.2, 0.25) is 0 Å². The van der Waals surface area contributed by atoms with Gasteiger partial charge >= 0.3 is 12.0 Å². The number of hydrogen-bond acceptors (Lipinski definition) is 4. The number of carboxylic acids is 1. The first kappa shape index (κ1) is 25.5. The molecule has 0 spiro atoms. The summed E-state index contributed by atoms with van der Waals surface area (Å²) in [7, 11) is 3.44. The van der Waals surface area contributed by atoms with Gasteiger partial charge in [-0.25, -0.2) is 9.59 Å². The number of amides is 2. The van der Waals surface area contributed by atoms with Gasteiger partial charge in [0.25, 0.3) is 0 Å². The third-order valence-corrected chi connectivity index (χ3v) is 5.69. The summed E-state index contributed by atoms with van der Waals surface area (Å²) in [4.78, 5) is 29.6. The summed E-state index contributed by atoms with van der Waals surface area (Å²) >= 11 is 0. The smallest absolute Gasteiger partial charge is 0.353 e. The quantitative estimate of drug-likeness (QED) is 0.498. The summed E-state index contributed by atoms with van der Waals surface area (Å²) in [6, 6.07) is 27.0. The van der Waals surface area contributed by atoms with Crippen LogP contribution < -0.4 is 5.32 Å². The first-order valence-electron chi connectivity index (χ1n) is 11.4. The van der Waals surface area contributed by atoms with Crippen LogP contribution in [0.5, 0.6) is 0 Å². The van der Waals surface area contributed by atoms with Crippen LogP contribution in [0.4, 0.5) is 10.5 Å². The molecule has 0 saturated heterocycles. The second-order valence-electron chi connectivity index (χ2n) is 8.77. The molecule has 35 heavy (non-hydrogen) atoms. The van der Waals surface area contributed by atoms with Crippen LogP contribution in [0, 0.1) is 0 Å². The molecule has 2 N–H and O–H groups in total. The highest BCUT2D eigenvalue weighted by atomic mass is 16.7. The summed E-state index contributed by atoms with van der Waals surface area (Å²) in [6.07, 6.45) is 0.219. The fraction of sp³-hybridized carbons (Fsp3) is 0.250. The van der Waals surface area contributed by atoms with Gasteiger partial charge in [-0.2, -0.15) is 0 Å². The van der Waals surface area contributed by atoms with E-state index in [1.807, 2.05) is 84.9 Å². The highest BCUT2D eigenvalue weighted by Gasteiger charge is 2.44. The zero-order valence-corrected chi connectivity index (χ0v) is 20.4. The Labute approximate surface area is 206 Å². The van der Waals surface area contributed by atoms with Gasteiger partial charge in [-0.15, -0.1) is 0 Å². The Balaban J connectivity index is 0.000000205. The summed E-state index contributed by atoms with van der Waals surface area (Å²) in [5, 5.41) is 15.7. The predicted molar refractivity (Wildman–Crippen MR) is 138 cm³/mol. The fourth-order valence-corrected chi connectivity index (χ4v) is 3.63. The van der Waals surface area contributed by atoms with Crippen molar-refractivity contribution in [1.82, 2.24) is 4.90 Å². The molecule has 7 heteroatoms. The number of anilines is 1. The molecular formula is C28H31N3O4. The van der Waals surface area contributed by atoms with Crippen molar-refractivity contribution in [2.75, 3.05) is 19.4 Å². The molecule has 0 aromatic heterocycles. The number of nitrogens with zero attached hydrogens (tertiary/aromatic N) is 2. The first-order chi connectivity index (χ1) is 16.7. The van der Waals surface area contributed by atoms with Gasteiger partial charge in [0.15, 0.2) is 11.3 Å². The summed E-state index contributed by atoms with van der Waals surface area (Å²) in [5.74, 6) is -0.526. The summed E-state index contributed by atoms with van der Waals surface area (Å²) in [5.41, 5.74) is 3.09. The number of benzene rings is 3. The van der Waals surface area contributed by atoms with Gasteiger partial charge in [0, 0.05) is 30.9 Å². The zero-order chi connectivity index (χ0) is 25.4. The first-order valence-corrected chi connectivity index (χ1v) is 11.4. The average molecular weight is 474 g/mol. The van der Waals surface area contributed by atoms with Crippen LogP contribution in [-0.2, 0) is 15.2 Å². The molecule has 0 atom stereocenters. The van der Waals surface area contributed by atoms with Crippen LogP contribution in [0.2, 0.25) is 0 Å². The lowest BCUT2D eigenvalue weighted by atomic mass is 9.82. The zero-order valence-electron chi connectivity index (χ0n) is 20.4. The van der Waals surface area contributed by atoms with Gasteiger partial charge in [-0.05, 0) is 23.6 Å². The molecule has 3 aromatic rings. The highest BCUT2D eigenvalue weighted by molar-refractivity contribution is 6.36. The monoisotopic (exact) mass is 473 g/mol. The van der Waals surface area contributed by atoms with E-state index >= 15 is 0 Å². The molecule has 0 aliphatic carbocycles. The Morgan fingerprint density at radius 2 is 1.43 bits per heavy atom. The molecule has 7 nitrogen and oxygen atoms in total. The summed E-state index contributed by atoms with van der Waals surface area (Å²) < 4.78 is 0. The minimum atomic E-state index is -1.04. The number of carbonyl (C=O) groups excluding carboxylic acids is 1. The van der Waals surface area contributed by atoms with E-state index in [0.29, 0.717) is 5.92 Å². The lowest BCUT2D eigenvalue weighted by Gasteiger charge is -2.27. The van der Waals surface area contributed by atoms with Gasteiger partial charge in [0.1, 0.15) is 0 Å². The molecule has 3 aromatic carbocycles. The number of aliphatic carboxylic acids is 1. The SMILES string of the molecule is CC(C)c1ccc(NC(=O)N(C)C)cc1.O=C(O)C1=NOC(c2ccccc2)(c2ccccc2)C1. The molecule has 1 aliphatic heterocycles. The molecule has 182 valence electrons. The lowest BCUT2D eigenvalue weighted by molar-refractivity contribution is -0.129. The van der Waals surface area contributed by atoms with E-state index in [-0.39, 0.29) is 18.2 Å². The van der Waals surface area contributed by atoms with Gasteiger partial charge in [-0.3, -0.25) is 0 Å². The molecule has 0 radical (unpaired) electrons. The van der Waals surface area contributed by atoms with Crippen molar-refractivity contribution in [3.05, 3.63) is 102 Å². The average Bonchev–Trinajstić information content (AvgIpc) is 3.33. The lowest BCUT2D eigenvalue weighted by Crippen LogP contribution is -2.29. The largest absolute Gasteiger partial charge is 0.477 e. The number of carboxylic acid groups (broad SMARTS) is 1. The fourth-order valence-electron chi connectivity index (χ4n) is 3.63. The maximum atomic E-state index is 11.3. The maximum Gasteiger partial charge on any atom is 0.353 e. The minimum Gasteiger partial charge on any atom is -0.477 e. The number of nitrogens with one attached hydrogen (secondary N) is 1. The van der Waals surface area contributed by atoms with E-state index < -0.39 is 11.6 Å². The second-order valence-corrected chi connectivity index (χ2v) is 8.77. The van der Waals surface area contributed by atoms with E-state index in [1.54, 1.807) is 14.1 Å². The van der Waals surface area contributed by atoms with E-state index in [2.05, 4.69) is 24.3 Å². The van der Waals surface area contributed by atoms with Crippen LogP contribution in [0.25, 0.3) is 0 Å². The molecular weight excluding hydrogens is 442 g/mol. The second kappa shape index (κ2) is 11.3. The van der Waals surface area contributed by atoms with E-state index in [1.165, 1.54) is 10.5 Å². The third-order valence-electron chi connectivity index (χ3n) is 5.69. The number of hydrogen-bond donors (Lipinski definition) is 2. The van der Waals surface area contributed by atoms with Crippen LogP contribution in [0.1, 0.15) is 42.9 Å². The van der Waals surface area contributed by atoms with Gasteiger partial charge in [0.05, 0.1) is 6.42 Å². The number of oxime groups is 1. The molecule has 0 saturated carbocycles. The Morgan fingerprint density at radius 3 is 1.83 bits per heavy atom. The summed E-state index contributed by atoms with van der Waals surface area (Å²) in [6.45, 7) is 4.29. The van der Waals surface area contributed by atoms with Crippen molar-refractivity contribution in [3.8, 4) is 0 Å². The number of rotatable bonds is 5. The molecule has 0 bridgehead atoms. The molecule has 1 heterocycles.